The first-order valence-electron chi connectivity index (χ1n) is 10.6. The van der Waals surface area contributed by atoms with E-state index in [4.69, 9.17) is 16.3 Å². The van der Waals surface area contributed by atoms with Gasteiger partial charge in [-0.15, -0.1) is 0 Å². The van der Waals surface area contributed by atoms with Gasteiger partial charge in [-0.3, -0.25) is 9.48 Å². The van der Waals surface area contributed by atoms with Gasteiger partial charge in [-0.2, -0.15) is 5.10 Å². The van der Waals surface area contributed by atoms with E-state index in [0.717, 1.165) is 12.8 Å². The van der Waals surface area contributed by atoms with Crippen LogP contribution in [0.1, 0.15) is 38.1 Å². The number of rotatable bonds is 7. The highest BCUT2D eigenvalue weighted by Gasteiger charge is 2.37. The van der Waals surface area contributed by atoms with E-state index in [2.05, 4.69) is 15.4 Å². The average Bonchev–Trinajstić information content (AvgIpc) is 3.45. The van der Waals surface area contributed by atoms with Crippen LogP contribution < -0.4 is 5.32 Å². The Morgan fingerprint density at radius 2 is 2.06 bits per heavy atom. The Bertz CT molecular complexity index is 1250. The van der Waals surface area contributed by atoms with Gasteiger partial charge in [0.2, 0.25) is 0 Å². The number of halogens is 1. The number of anilines is 1. The summed E-state index contributed by atoms with van der Waals surface area (Å²) in [6, 6.07) is 4.43. The fraction of sp³-hybridized carbons (Fsp3) is 0.476. The lowest BCUT2D eigenvalue weighted by Gasteiger charge is -2.26. The standard InChI is InChI=1S/C21H23ClN4O4S2/c22-19-11-23-21(31-19)24-20(27)18(9-13-5-7-30-8-6-13)26-12-14-10-16(3-4-17(14)25-26)32(28,29)15-1-2-15/h3-4,10-13,15,18H,1-2,5-9H2,(H,23,24,27). The van der Waals surface area contributed by atoms with E-state index in [-0.39, 0.29) is 11.2 Å². The molecule has 2 fully saturated rings. The fourth-order valence-electron chi connectivity index (χ4n) is 4.06. The lowest BCUT2D eigenvalue weighted by Crippen LogP contribution is -2.30. The van der Waals surface area contributed by atoms with E-state index in [0.29, 0.717) is 63.7 Å². The molecule has 170 valence electrons. The van der Waals surface area contributed by atoms with Gasteiger partial charge in [-0.05, 0) is 56.2 Å². The minimum atomic E-state index is -3.30. The molecule has 0 spiro atoms. The first-order chi connectivity index (χ1) is 15.4. The number of amides is 1. The van der Waals surface area contributed by atoms with E-state index >= 15 is 0 Å². The van der Waals surface area contributed by atoms with Gasteiger partial charge >= 0.3 is 0 Å². The summed E-state index contributed by atoms with van der Waals surface area (Å²) >= 11 is 7.15. The fourth-order valence-corrected chi connectivity index (χ4v) is 6.57. The van der Waals surface area contributed by atoms with Crippen LogP contribution in [0.4, 0.5) is 5.13 Å². The summed E-state index contributed by atoms with van der Waals surface area (Å²) in [6.07, 6.45) is 7.07. The summed E-state index contributed by atoms with van der Waals surface area (Å²) in [5.41, 5.74) is 0.654. The molecule has 1 saturated carbocycles. The van der Waals surface area contributed by atoms with Crippen LogP contribution in [-0.4, -0.2) is 47.6 Å². The van der Waals surface area contributed by atoms with Crippen molar-refractivity contribution in [3.63, 3.8) is 0 Å². The zero-order chi connectivity index (χ0) is 22.3. The molecule has 1 amide bonds. The minimum Gasteiger partial charge on any atom is -0.381 e. The third kappa shape index (κ3) is 4.54. The molecule has 5 rings (SSSR count). The van der Waals surface area contributed by atoms with Gasteiger partial charge in [-0.25, -0.2) is 13.4 Å². The summed E-state index contributed by atoms with van der Waals surface area (Å²) in [4.78, 5) is 17.7. The molecule has 3 aromatic rings. The second-order valence-corrected chi connectivity index (χ2v) is 12.2. The zero-order valence-corrected chi connectivity index (χ0v) is 19.6. The average molecular weight is 495 g/mol. The lowest BCUT2D eigenvalue weighted by molar-refractivity contribution is -0.120. The smallest absolute Gasteiger partial charge is 0.251 e. The molecule has 1 N–H and O–H groups in total. The number of aromatic nitrogens is 3. The van der Waals surface area contributed by atoms with Crippen LogP contribution in [0.25, 0.3) is 10.9 Å². The highest BCUT2D eigenvalue weighted by atomic mass is 35.5. The number of hydrogen-bond acceptors (Lipinski definition) is 7. The Hall–Kier alpha value is -2.01. The van der Waals surface area contributed by atoms with Crippen LogP contribution in [0, 0.1) is 5.92 Å². The Labute approximate surface area is 194 Å². The quantitative estimate of drug-likeness (QED) is 0.530. The van der Waals surface area contributed by atoms with Crippen molar-refractivity contribution in [2.75, 3.05) is 18.5 Å². The number of nitrogens with zero attached hydrogens (tertiary/aromatic N) is 3. The number of sulfone groups is 1. The van der Waals surface area contributed by atoms with Crippen LogP contribution in [0.2, 0.25) is 4.34 Å². The van der Waals surface area contributed by atoms with Crippen molar-refractivity contribution in [1.82, 2.24) is 14.8 Å². The molecule has 1 aliphatic carbocycles. The maximum absolute atomic E-state index is 13.2. The number of thiazole rings is 1. The van der Waals surface area contributed by atoms with E-state index in [9.17, 15) is 13.2 Å². The maximum atomic E-state index is 13.2. The first-order valence-corrected chi connectivity index (χ1v) is 13.4. The maximum Gasteiger partial charge on any atom is 0.251 e. The van der Waals surface area contributed by atoms with E-state index < -0.39 is 15.9 Å². The predicted molar refractivity (Wildman–Crippen MR) is 123 cm³/mol. The van der Waals surface area contributed by atoms with Gasteiger partial charge in [0, 0.05) is 24.8 Å². The molecule has 32 heavy (non-hydrogen) atoms. The molecule has 1 aliphatic heterocycles. The zero-order valence-electron chi connectivity index (χ0n) is 17.2. The van der Waals surface area contributed by atoms with Crippen molar-refractivity contribution in [3.8, 4) is 0 Å². The van der Waals surface area contributed by atoms with Crippen molar-refractivity contribution in [2.24, 2.45) is 5.92 Å². The molecule has 1 unspecified atom stereocenters. The summed E-state index contributed by atoms with van der Waals surface area (Å²) in [7, 11) is -3.30. The first kappa shape index (κ1) is 21.8. The normalized spacial score (nSPS) is 18.7. The molecule has 1 atom stereocenters. The number of benzene rings is 1. The lowest BCUT2D eigenvalue weighted by atomic mass is 9.92. The van der Waals surface area contributed by atoms with Crippen molar-refractivity contribution in [3.05, 3.63) is 34.9 Å². The number of fused-ring (bicyclic) bond motifs is 1. The summed E-state index contributed by atoms with van der Waals surface area (Å²) in [5.74, 6) is 0.110. The van der Waals surface area contributed by atoms with Gasteiger partial charge in [0.05, 0.1) is 21.9 Å². The molecular weight excluding hydrogens is 472 g/mol. The van der Waals surface area contributed by atoms with E-state index in [1.165, 1.54) is 17.5 Å². The number of nitrogens with one attached hydrogen (secondary N) is 1. The van der Waals surface area contributed by atoms with Crippen LogP contribution in [-0.2, 0) is 19.4 Å². The van der Waals surface area contributed by atoms with Gasteiger partial charge in [0.1, 0.15) is 10.4 Å². The largest absolute Gasteiger partial charge is 0.381 e. The molecular formula is C21H23ClN4O4S2. The molecule has 8 nitrogen and oxygen atoms in total. The van der Waals surface area contributed by atoms with Crippen molar-refractivity contribution >= 4 is 54.7 Å². The monoisotopic (exact) mass is 494 g/mol. The van der Waals surface area contributed by atoms with Crippen LogP contribution in [0.5, 0.6) is 0 Å². The third-order valence-electron chi connectivity index (χ3n) is 6.01. The van der Waals surface area contributed by atoms with Gasteiger partial charge in [0.25, 0.3) is 5.91 Å². The van der Waals surface area contributed by atoms with Gasteiger partial charge < -0.3 is 10.1 Å². The summed E-state index contributed by atoms with van der Waals surface area (Å²) in [5, 5.41) is 8.33. The van der Waals surface area contributed by atoms with Crippen molar-refractivity contribution < 1.29 is 17.9 Å². The van der Waals surface area contributed by atoms with E-state index in [1.54, 1.807) is 29.1 Å². The van der Waals surface area contributed by atoms with Crippen LogP contribution >= 0.6 is 22.9 Å². The van der Waals surface area contributed by atoms with Gasteiger partial charge in [0.15, 0.2) is 15.0 Å². The second kappa shape index (κ2) is 8.74. The second-order valence-electron chi connectivity index (χ2n) is 8.34. The Morgan fingerprint density at radius 1 is 1.28 bits per heavy atom. The SMILES string of the molecule is O=C(Nc1ncc(Cl)s1)C(CC1CCOCC1)n1cc2cc(S(=O)(=O)C3CC3)ccc2n1. The third-order valence-corrected chi connectivity index (χ3v) is 9.30. The summed E-state index contributed by atoms with van der Waals surface area (Å²) < 4.78 is 32.9. The molecule has 11 heteroatoms. The topological polar surface area (TPSA) is 103 Å². The molecule has 0 radical (unpaired) electrons. The predicted octanol–water partition coefficient (Wildman–Crippen LogP) is 4.08. The molecule has 1 saturated heterocycles. The Balaban J connectivity index is 1.45. The number of ether oxygens (including phenoxy) is 1. The number of carbonyl (C=O) groups excluding carboxylic acids is 1. The molecule has 2 aromatic heterocycles. The summed E-state index contributed by atoms with van der Waals surface area (Å²) in [6.45, 7) is 1.37. The molecule has 0 bridgehead atoms. The number of hydrogen-bond donors (Lipinski definition) is 1. The van der Waals surface area contributed by atoms with E-state index in [1.807, 2.05) is 0 Å². The van der Waals surface area contributed by atoms with Crippen LogP contribution in [0.3, 0.4) is 0 Å². The van der Waals surface area contributed by atoms with Crippen molar-refractivity contribution in [1.29, 1.82) is 0 Å². The minimum absolute atomic E-state index is 0.221. The van der Waals surface area contributed by atoms with Gasteiger partial charge in [-0.1, -0.05) is 22.9 Å². The van der Waals surface area contributed by atoms with Crippen molar-refractivity contribution in [2.45, 2.75) is 48.3 Å². The van der Waals surface area contributed by atoms with Crippen LogP contribution in [0.15, 0.2) is 35.5 Å². The number of carbonyl (C=O) groups is 1. The Kier molecular flexibility index (Phi) is 5.96. The molecule has 2 aliphatic rings. The highest BCUT2D eigenvalue weighted by Crippen LogP contribution is 2.35. The molecule has 1 aromatic carbocycles. The highest BCUT2D eigenvalue weighted by molar-refractivity contribution is 7.92. The Morgan fingerprint density at radius 3 is 2.75 bits per heavy atom. The molecule has 3 heterocycles.